The summed E-state index contributed by atoms with van der Waals surface area (Å²) in [5.74, 6) is 0.312. The molecule has 1 aliphatic carbocycles. The van der Waals surface area contributed by atoms with Gasteiger partial charge in [0.1, 0.15) is 0 Å². The molecule has 0 fully saturated rings. The van der Waals surface area contributed by atoms with Crippen LogP contribution in [0.25, 0.3) is 0 Å². The first kappa shape index (κ1) is 8.25. The number of hydrogen-bond donors (Lipinski definition) is 0. The van der Waals surface area contributed by atoms with E-state index in [4.69, 9.17) is 0 Å². The molecule has 11 heavy (non-hydrogen) atoms. The third kappa shape index (κ3) is 1.79. The second-order valence-electron chi connectivity index (χ2n) is 2.97. The summed E-state index contributed by atoms with van der Waals surface area (Å²) in [4.78, 5) is 11.3. The first-order valence-electron chi connectivity index (χ1n) is 4.11. The molecule has 0 radical (unpaired) electrons. The van der Waals surface area contributed by atoms with Crippen LogP contribution in [0.5, 0.6) is 0 Å². The van der Waals surface area contributed by atoms with Crippen molar-refractivity contribution in [2.45, 2.75) is 33.1 Å². The van der Waals surface area contributed by atoms with Gasteiger partial charge >= 0.3 is 0 Å². The molecule has 0 saturated heterocycles. The number of ketones is 1. The van der Waals surface area contributed by atoms with Crippen molar-refractivity contribution in [3.63, 3.8) is 0 Å². The van der Waals surface area contributed by atoms with Crippen molar-refractivity contribution in [1.29, 1.82) is 0 Å². The smallest absolute Gasteiger partial charge is 0.162 e. The largest absolute Gasteiger partial charge is 0.294 e. The zero-order chi connectivity index (χ0) is 8.27. The third-order valence-corrected chi connectivity index (χ3v) is 2.05. The average Bonchev–Trinajstić information content (AvgIpc) is 1.97. The maximum atomic E-state index is 11.3. The second kappa shape index (κ2) is 3.51. The fourth-order valence-corrected chi connectivity index (χ4v) is 1.42. The lowest BCUT2D eigenvalue weighted by Gasteiger charge is -2.12. The van der Waals surface area contributed by atoms with Gasteiger partial charge in [0.2, 0.25) is 0 Å². The molecule has 0 amide bonds. The fourth-order valence-electron chi connectivity index (χ4n) is 1.42. The molecule has 0 aromatic carbocycles. The zero-order valence-electron chi connectivity index (χ0n) is 7.18. The predicted molar refractivity (Wildman–Crippen MR) is 46.4 cm³/mol. The van der Waals surface area contributed by atoms with Gasteiger partial charge < -0.3 is 0 Å². The monoisotopic (exact) mass is 150 g/mol. The van der Waals surface area contributed by atoms with Crippen molar-refractivity contribution in [2.75, 3.05) is 0 Å². The van der Waals surface area contributed by atoms with E-state index in [1.165, 1.54) is 5.57 Å². The molecule has 0 unspecified atom stereocenters. The van der Waals surface area contributed by atoms with Crippen LogP contribution < -0.4 is 0 Å². The van der Waals surface area contributed by atoms with Crippen LogP contribution in [0, 0.1) is 0 Å². The minimum Gasteiger partial charge on any atom is -0.294 e. The molecule has 1 aliphatic rings. The lowest BCUT2D eigenvalue weighted by molar-refractivity contribution is -0.115. The summed E-state index contributed by atoms with van der Waals surface area (Å²) in [6.07, 6.45) is 6.72. The minimum atomic E-state index is 0.312. The molecule has 0 aromatic rings. The molecule has 0 bridgehead atoms. The van der Waals surface area contributed by atoms with E-state index in [0.29, 0.717) is 5.78 Å². The summed E-state index contributed by atoms with van der Waals surface area (Å²) in [6, 6.07) is 0. The Hall–Kier alpha value is -0.850. The van der Waals surface area contributed by atoms with Gasteiger partial charge in [-0.05, 0) is 26.7 Å². The van der Waals surface area contributed by atoms with E-state index in [0.717, 1.165) is 24.8 Å². The zero-order valence-corrected chi connectivity index (χ0v) is 7.18. The van der Waals surface area contributed by atoms with Crippen LogP contribution in [0.3, 0.4) is 0 Å². The van der Waals surface area contributed by atoms with Crippen molar-refractivity contribution in [3.05, 3.63) is 23.3 Å². The van der Waals surface area contributed by atoms with Gasteiger partial charge in [-0.25, -0.2) is 0 Å². The standard InChI is InChI=1S/C10H14O/c1-3-5-9-8(2)6-4-7-10(9)11/h3,5H,4,6-7H2,1-2H3/b5-3-. The van der Waals surface area contributed by atoms with Gasteiger partial charge in [0.05, 0.1) is 0 Å². The maximum Gasteiger partial charge on any atom is 0.162 e. The van der Waals surface area contributed by atoms with Gasteiger partial charge in [-0.3, -0.25) is 4.79 Å². The number of carbonyl (C=O) groups excluding carboxylic acids is 1. The Bertz CT molecular complexity index is 221. The Balaban J connectivity index is 2.91. The first-order valence-corrected chi connectivity index (χ1v) is 4.11. The summed E-state index contributed by atoms with van der Waals surface area (Å²) in [6.45, 7) is 3.99. The molecule has 0 aromatic heterocycles. The van der Waals surface area contributed by atoms with Gasteiger partial charge in [0.15, 0.2) is 5.78 Å². The van der Waals surface area contributed by atoms with E-state index in [1.807, 2.05) is 26.0 Å². The van der Waals surface area contributed by atoms with Crippen LogP contribution in [0.2, 0.25) is 0 Å². The van der Waals surface area contributed by atoms with Gasteiger partial charge in [0.25, 0.3) is 0 Å². The molecule has 0 spiro atoms. The molecular weight excluding hydrogens is 136 g/mol. The highest BCUT2D eigenvalue weighted by Crippen LogP contribution is 2.21. The Kier molecular flexibility index (Phi) is 2.64. The van der Waals surface area contributed by atoms with E-state index >= 15 is 0 Å². The van der Waals surface area contributed by atoms with Crippen molar-refractivity contribution in [3.8, 4) is 0 Å². The number of carbonyl (C=O) groups is 1. The van der Waals surface area contributed by atoms with Gasteiger partial charge in [-0.2, -0.15) is 0 Å². The average molecular weight is 150 g/mol. The molecule has 0 heterocycles. The number of allylic oxidation sites excluding steroid dienone is 4. The topological polar surface area (TPSA) is 17.1 Å². The Labute approximate surface area is 67.8 Å². The summed E-state index contributed by atoms with van der Waals surface area (Å²) in [5, 5.41) is 0. The molecule has 0 aliphatic heterocycles. The fraction of sp³-hybridized carbons (Fsp3) is 0.500. The normalized spacial score (nSPS) is 20.0. The number of hydrogen-bond acceptors (Lipinski definition) is 1. The van der Waals surface area contributed by atoms with Gasteiger partial charge in [0, 0.05) is 12.0 Å². The van der Waals surface area contributed by atoms with E-state index < -0.39 is 0 Å². The molecule has 60 valence electrons. The molecule has 1 heteroatoms. The predicted octanol–water partition coefficient (Wildman–Crippen LogP) is 2.63. The lowest BCUT2D eigenvalue weighted by atomic mass is 9.91. The van der Waals surface area contributed by atoms with E-state index in [-0.39, 0.29) is 0 Å². The second-order valence-corrected chi connectivity index (χ2v) is 2.97. The Morgan fingerprint density at radius 2 is 2.09 bits per heavy atom. The molecule has 0 saturated carbocycles. The molecule has 0 atom stereocenters. The maximum absolute atomic E-state index is 11.3. The Morgan fingerprint density at radius 3 is 2.64 bits per heavy atom. The van der Waals surface area contributed by atoms with Crippen LogP contribution in [0.15, 0.2) is 23.3 Å². The minimum absolute atomic E-state index is 0.312. The summed E-state index contributed by atoms with van der Waals surface area (Å²) < 4.78 is 0. The highest BCUT2D eigenvalue weighted by atomic mass is 16.1. The van der Waals surface area contributed by atoms with Crippen molar-refractivity contribution < 1.29 is 4.79 Å². The van der Waals surface area contributed by atoms with Crippen LogP contribution in [-0.4, -0.2) is 5.78 Å². The lowest BCUT2D eigenvalue weighted by Crippen LogP contribution is -2.08. The molecular formula is C10H14O. The molecule has 0 N–H and O–H groups in total. The van der Waals surface area contributed by atoms with Gasteiger partial charge in [-0.1, -0.05) is 17.7 Å². The summed E-state index contributed by atoms with van der Waals surface area (Å²) in [5.41, 5.74) is 2.19. The van der Waals surface area contributed by atoms with Gasteiger partial charge in [-0.15, -0.1) is 0 Å². The third-order valence-electron chi connectivity index (χ3n) is 2.05. The van der Waals surface area contributed by atoms with Crippen LogP contribution in [0.1, 0.15) is 33.1 Å². The molecule has 1 rings (SSSR count). The van der Waals surface area contributed by atoms with E-state index in [9.17, 15) is 4.79 Å². The van der Waals surface area contributed by atoms with E-state index in [1.54, 1.807) is 0 Å². The highest BCUT2D eigenvalue weighted by molar-refractivity contribution is 5.99. The first-order chi connectivity index (χ1) is 5.25. The number of rotatable bonds is 1. The summed E-state index contributed by atoms with van der Waals surface area (Å²) >= 11 is 0. The van der Waals surface area contributed by atoms with Crippen molar-refractivity contribution in [2.24, 2.45) is 0 Å². The summed E-state index contributed by atoms with van der Waals surface area (Å²) in [7, 11) is 0. The Morgan fingerprint density at radius 1 is 1.36 bits per heavy atom. The van der Waals surface area contributed by atoms with Crippen LogP contribution in [-0.2, 0) is 4.79 Å². The number of Topliss-reactive ketones (excluding diaryl/α,β-unsaturated/α-hetero) is 1. The van der Waals surface area contributed by atoms with Crippen molar-refractivity contribution >= 4 is 5.78 Å². The van der Waals surface area contributed by atoms with Crippen molar-refractivity contribution in [1.82, 2.24) is 0 Å². The van der Waals surface area contributed by atoms with E-state index in [2.05, 4.69) is 0 Å². The molecule has 1 nitrogen and oxygen atoms in total. The highest BCUT2D eigenvalue weighted by Gasteiger charge is 2.14. The SMILES string of the molecule is C/C=C\C1=C(C)CCCC1=O. The quantitative estimate of drug-likeness (QED) is 0.561. The van der Waals surface area contributed by atoms with Crippen LogP contribution >= 0.6 is 0 Å². The van der Waals surface area contributed by atoms with Crippen LogP contribution in [0.4, 0.5) is 0 Å².